The maximum absolute atomic E-state index is 12.2. The molecule has 1 aliphatic heterocycles. The van der Waals surface area contributed by atoms with E-state index in [1.54, 1.807) is 14.2 Å². The maximum Gasteiger partial charge on any atom is 0.251 e. The Hall–Kier alpha value is -2.28. The second-order valence-electron chi connectivity index (χ2n) is 4.99. The molecule has 7 heteroatoms. The molecule has 0 saturated carbocycles. The van der Waals surface area contributed by atoms with Crippen LogP contribution in [0.5, 0.6) is 11.5 Å². The summed E-state index contributed by atoms with van der Waals surface area (Å²) in [6.07, 6.45) is 0. The Kier molecular flexibility index (Phi) is 5.44. The minimum atomic E-state index is -0.353. The second kappa shape index (κ2) is 7.32. The lowest BCUT2D eigenvalue weighted by molar-refractivity contribution is -0.117. The monoisotopic (exact) mass is 335 g/mol. The lowest BCUT2D eigenvalue weighted by Gasteiger charge is -2.30. The number of amides is 1. The van der Waals surface area contributed by atoms with Gasteiger partial charge in [0, 0.05) is 12.7 Å². The van der Waals surface area contributed by atoms with Gasteiger partial charge in [0.25, 0.3) is 5.91 Å². The van der Waals surface area contributed by atoms with Crippen molar-refractivity contribution in [2.24, 2.45) is 0 Å². The molecule has 23 heavy (non-hydrogen) atoms. The molecule has 1 unspecified atom stereocenters. The summed E-state index contributed by atoms with van der Waals surface area (Å²) in [5, 5.41) is 9.27. The van der Waals surface area contributed by atoms with Gasteiger partial charge in [-0.05, 0) is 43.8 Å². The average molecular weight is 335 g/mol. The second-order valence-corrected chi connectivity index (χ2v) is 5.40. The van der Waals surface area contributed by atoms with Crippen molar-refractivity contribution in [1.29, 1.82) is 0 Å². The summed E-state index contributed by atoms with van der Waals surface area (Å²) in [4.78, 5) is 12.2. The van der Waals surface area contributed by atoms with E-state index in [1.807, 2.05) is 32.0 Å². The molecular formula is C16H21N3O3S. The normalized spacial score (nSPS) is 17.2. The van der Waals surface area contributed by atoms with Gasteiger partial charge in [0.15, 0.2) is 16.6 Å². The minimum absolute atomic E-state index is 0.164. The number of thiocarbonyl (C=S) groups is 1. The largest absolute Gasteiger partial charge is 0.493 e. The highest BCUT2D eigenvalue weighted by Crippen LogP contribution is 2.34. The van der Waals surface area contributed by atoms with Gasteiger partial charge in [0.05, 0.1) is 25.3 Å². The number of allylic oxidation sites excluding steroid dienone is 1. The Balaban J connectivity index is 2.47. The number of likely N-dealkylation sites (N-methyl/N-ethyl adjacent to an activating group) is 1. The van der Waals surface area contributed by atoms with Gasteiger partial charge in [-0.3, -0.25) is 4.79 Å². The third-order valence-corrected chi connectivity index (χ3v) is 3.78. The van der Waals surface area contributed by atoms with Crippen LogP contribution >= 0.6 is 12.2 Å². The molecule has 3 N–H and O–H groups in total. The van der Waals surface area contributed by atoms with Crippen molar-refractivity contribution >= 4 is 23.2 Å². The molecule has 6 nitrogen and oxygen atoms in total. The van der Waals surface area contributed by atoms with Crippen molar-refractivity contribution < 1.29 is 14.3 Å². The Labute approximate surface area is 141 Å². The van der Waals surface area contributed by atoms with E-state index in [1.165, 1.54) is 0 Å². The fourth-order valence-corrected chi connectivity index (χ4v) is 2.79. The van der Waals surface area contributed by atoms with E-state index in [4.69, 9.17) is 21.7 Å². The summed E-state index contributed by atoms with van der Waals surface area (Å²) >= 11 is 5.22. The fourth-order valence-electron chi connectivity index (χ4n) is 2.52. The Bertz CT molecular complexity index is 658. The molecule has 0 spiro atoms. The van der Waals surface area contributed by atoms with Crippen LogP contribution in [0.1, 0.15) is 25.5 Å². The van der Waals surface area contributed by atoms with Gasteiger partial charge < -0.3 is 25.4 Å². The molecule has 0 fully saturated rings. The molecule has 1 amide bonds. The van der Waals surface area contributed by atoms with Gasteiger partial charge >= 0.3 is 0 Å². The number of methoxy groups -OCH3 is 1. The SMILES string of the molecule is CCOc1ccc(C2NC(=S)NC(C)=C2C(=O)NC)cc1OC. The number of hydrogen-bond acceptors (Lipinski definition) is 4. The van der Waals surface area contributed by atoms with Gasteiger partial charge in [0.2, 0.25) is 0 Å². The molecule has 2 rings (SSSR count). The zero-order valence-electron chi connectivity index (χ0n) is 13.6. The van der Waals surface area contributed by atoms with E-state index < -0.39 is 0 Å². The van der Waals surface area contributed by atoms with Crippen molar-refractivity contribution in [2.45, 2.75) is 19.9 Å². The highest BCUT2D eigenvalue weighted by molar-refractivity contribution is 7.80. The van der Waals surface area contributed by atoms with E-state index in [2.05, 4.69) is 16.0 Å². The first-order valence-electron chi connectivity index (χ1n) is 7.32. The zero-order valence-corrected chi connectivity index (χ0v) is 14.5. The van der Waals surface area contributed by atoms with Crippen molar-refractivity contribution in [1.82, 2.24) is 16.0 Å². The first-order valence-corrected chi connectivity index (χ1v) is 7.73. The predicted molar refractivity (Wildman–Crippen MR) is 92.5 cm³/mol. The van der Waals surface area contributed by atoms with E-state index in [-0.39, 0.29) is 11.9 Å². The summed E-state index contributed by atoms with van der Waals surface area (Å²) in [7, 11) is 3.19. The first-order chi connectivity index (χ1) is 11.0. The summed E-state index contributed by atoms with van der Waals surface area (Å²) < 4.78 is 10.9. The smallest absolute Gasteiger partial charge is 0.251 e. The van der Waals surface area contributed by atoms with Crippen molar-refractivity contribution in [3.63, 3.8) is 0 Å². The molecule has 1 atom stereocenters. The van der Waals surface area contributed by atoms with Gasteiger partial charge in [-0.15, -0.1) is 0 Å². The van der Waals surface area contributed by atoms with Crippen LogP contribution in [0.4, 0.5) is 0 Å². The van der Waals surface area contributed by atoms with Crippen LogP contribution in [0.25, 0.3) is 0 Å². The summed E-state index contributed by atoms with van der Waals surface area (Å²) in [5.41, 5.74) is 2.19. The third kappa shape index (κ3) is 3.56. The van der Waals surface area contributed by atoms with Crippen molar-refractivity contribution in [3.05, 3.63) is 35.0 Å². The summed E-state index contributed by atoms with van der Waals surface area (Å²) in [6, 6.07) is 5.23. The van der Waals surface area contributed by atoms with Crippen LogP contribution in [-0.2, 0) is 4.79 Å². The molecule has 0 radical (unpaired) electrons. The van der Waals surface area contributed by atoms with Gasteiger partial charge in [0.1, 0.15) is 0 Å². The third-order valence-electron chi connectivity index (χ3n) is 3.56. The minimum Gasteiger partial charge on any atom is -0.493 e. The Morgan fingerprint density at radius 1 is 1.39 bits per heavy atom. The summed E-state index contributed by atoms with van der Waals surface area (Å²) in [6.45, 7) is 4.29. The molecule has 0 saturated heterocycles. The first kappa shape index (κ1) is 17.1. The number of rotatable bonds is 5. The van der Waals surface area contributed by atoms with E-state index >= 15 is 0 Å². The van der Waals surface area contributed by atoms with Gasteiger partial charge in [-0.1, -0.05) is 6.07 Å². The Morgan fingerprint density at radius 3 is 2.74 bits per heavy atom. The molecule has 0 aromatic heterocycles. The number of carbonyl (C=O) groups excluding carboxylic acids is 1. The molecule has 1 aliphatic rings. The number of nitrogens with one attached hydrogen (secondary N) is 3. The number of hydrogen-bond donors (Lipinski definition) is 3. The van der Waals surface area contributed by atoms with Crippen LogP contribution in [0.2, 0.25) is 0 Å². The van der Waals surface area contributed by atoms with E-state index in [0.717, 1.165) is 11.3 Å². The lowest BCUT2D eigenvalue weighted by Crippen LogP contribution is -2.46. The maximum atomic E-state index is 12.2. The van der Waals surface area contributed by atoms with Gasteiger partial charge in [-0.25, -0.2) is 0 Å². The highest BCUT2D eigenvalue weighted by Gasteiger charge is 2.29. The fraction of sp³-hybridized carbons (Fsp3) is 0.375. The van der Waals surface area contributed by atoms with Crippen LogP contribution in [-0.4, -0.2) is 31.8 Å². The van der Waals surface area contributed by atoms with Crippen molar-refractivity contribution in [2.75, 3.05) is 20.8 Å². The molecule has 0 aliphatic carbocycles. The zero-order chi connectivity index (χ0) is 17.0. The molecule has 0 bridgehead atoms. The molecular weight excluding hydrogens is 314 g/mol. The molecule has 1 aromatic rings. The summed E-state index contributed by atoms with van der Waals surface area (Å²) in [5.74, 6) is 1.12. The highest BCUT2D eigenvalue weighted by atomic mass is 32.1. The van der Waals surface area contributed by atoms with Crippen LogP contribution in [0, 0.1) is 0 Å². The van der Waals surface area contributed by atoms with Crippen LogP contribution in [0.15, 0.2) is 29.5 Å². The number of ether oxygens (including phenoxy) is 2. The predicted octanol–water partition coefficient (Wildman–Crippen LogP) is 1.63. The Morgan fingerprint density at radius 2 is 2.13 bits per heavy atom. The van der Waals surface area contributed by atoms with Gasteiger partial charge in [-0.2, -0.15) is 0 Å². The quantitative estimate of drug-likeness (QED) is 0.711. The molecule has 1 aromatic carbocycles. The standard InChI is InChI=1S/C16H21N3O3S/c1-5-22-11-7-6-10(8-12(11)21-4)14-13(15(20)17-3)9(2)18-16(23)19-14/h6-8,14H,5H2,1-4H3,(H,17,20)(H2,18,19,23). The van der Waals surface area contributed by atoms with Crippen LogP contribution < -0.4 is 25.4 Å². The lowest BCUT2D eigenvalue weighted by atomic mass is 9.94. The molecule has 124 valence electrons. The molecule has 1 heterocycles. The van der Waals surface area contributed by atoms with Crippen molar-refractivity contribution in [3.8, 4) is 11.5 Å². The number of carbonyl (C=O) groups is 1. The van der Waals surface area contributed by atoms with E-state index in [0.29, 0.717) is 28.8 Å². The van der Waals surface area contributed by atoms with E-state index in [9.17, 15) is 4.79 Å². The van der Waals surface area contributed by atoms with Crippen LogP contribution in [0.3, 0.4) is 0 Å². The number of benzene rings is 1. The average Bonchev–Trinajstić information content (AvgIpc) is 2.54. The topological polar surface area (TPSA) is 71.6 Å².